The van der Waals surface area contributed by atoms with Crippen molar-refractivity contribution < 1.29 is 0 Å². The van der Waals surface area contributed by atoms with Crippen LogP contribution in [0.1, 0.15) is 37.4 Å². The number of nitrogens with two attached hydrogens (primary N) is 1. The van der Waals surface area contributed by atoms with E-state index in [1.54, 1.807) is 11.3 Å². The average Bonchev–Trinajstić information content (AvgIpc) is 2.77. The number of likely N-dealkylation sites (tertiary alicyclic amines) is 1. The summed E-state index contributed by atoms with van der Waals surface area (Å²) < 4.78 is 0. The van der Waals surface area contributed by atoms with Crippen molar-refractivity contribution >= 4 is 11.3 Å². The normalized spacial score (nSPS) is 22.2. The van der Waals surface area contributed by atoms with E-state index in [0.29, 0.717) is 12.6 Å². The second-order valence-corrected chi connectivity index (χ2v) is 6.18. The summed E-state index contributed by atoms with van der Waals surface area (Å²) in [6.45, 7) is 7.64. The smallest absolute Gasteiger partial charge is 0.0932 e. The molecule has 1 aliphatic rings. The van der Waals surface area contributed by atoms with Gasteiger partial charge in [-0.05, 0) is 39.2 Å². The van der Waals surface area contributed by atoms with Crippen LogP contribution in [0.25, 0.3) is 0 Å². The zero-order chi connectivity index (χ0) is 12.3. The molecule has 0 bridgehead atoms. The molecule has 0 aliphatic carbocycles. The minimum absolute atomic E-state index is 0.569. The first-order valence-corrected chi connectivity index (χ1v) is 7.44. The highest BCUT2D eigenvalue weighted by atomic mass is 32.1. The maximum atomic E-state index is 5.59. The molecule has 1 aromatic heterocycles. The lowest BCUT2D eigenvalue weighted by Gasteiger charge is -2.35. The van der Waals surface area contributed by atoms with Crippen LogP contribution in [0.15, 0.2) is 5.38 Å². The third-order valence-electron chi connectivity index (χ3n) is 3.55. The van der Waals surface area contributed by atoms with Crippen molar-refractivity contribution in [3.8, 4) is 0 Å². The molecule has 1 saturated heterocycles. The molecule has 0 aromatic carbocycles. The van der Waals surface area contributed by atoms with Crippen LogP contribution in [0.2, 0.25) is 0 Å². The molecular formula is C13H23N3S. The van der Waals surface area contributed by atoms with Crippen molar-refractivity contribution in [2.45, 2.75) is 45.7 Å². The number of rotatable bonds is 4. The molecule has 2 heterocycles. The predicted octanol–water partition coefficient (Wildman–Crippen LogP) is 2.26. The summed E-state index contributed by atoms with van der Waals surface area (Å²) in [5.74, 6) is 0.780. The molecule has 1 fully saturated rings. The number of hydrogen-bond donors (Lipinski definition) is 1. The SMILES string of the molecule is CC(C)N1CCCC(Cc2nc(CN)cs2)C1. The standard InChI is InChI=1S/C13H23N3S/c1-10(2)16-5-3-4-11(8-16)6-13-15-12(7-14)9-17-13/h9-11H,3-8,14H2,1-2H3. The summed E-state index contributed by atoms with van der Waals surface area (Å²) in [6.07, 6.45) is 3.81. The lowest BCUT2D eigenvalue weighted by molar-refractivity contribution is 0.139. The third-order valence-corrected chi connectivity index (χ3v) is 4.47. The van der Waals surface area contributed by atoms with E-state index in [9.17, 15) is 0 Å². The van der Waals surface area contributed by atoms with Crippen molar-refractivity contribution in [2.75, 3.05) is 13.1 Å². The van der Waals surface area contributed by atoms with E-state index in [0.717, 1.165) is 18.0 Å². The fourth-order valence-electron chi connectivity index (χ4n) is 2.52. The Morgan fingerprint density at radius 1 is 1.59 bits per heavy atom. The lowest BCUT2D eigenvalue weighted by Crippen LogP contribution is -2.40. The first-order chi connectivity index (χ1) is 8.19. The van der Waals surface area contributed by atoms with E-state index < -0.39 is 0 Å². The molecule has 2 N–H and O–H groups in total. The molecule has 1 aromatic rings. The Labute approximate surface area is 108 Å². The Morgan fingerprint density at radius 2 is 2.41 bits per heavy atom. The fraction of sp³-hybridized carbons (Fsp3) is 0.769. The van der Waals surface area contributed by atoms with Gasteiger partial charge >= 0.3 is 0 Å². The van der Waals surface area contributed by atoms with Gasteiger partial charge < -0.3 is 10.6 Å². The maximum absolute atomic E-state index is 5.59. The van der Waals surface area contributed by atoms with Crippen molar-refractivity contribution in [3.63, 3.8) is 0 Å². The van der Waals surface area contributed by atoms with Crippen LogP contribution in [-0.2, 0) is 13.0 Å². The summed E-state index contributed by atoms with van der Waals surface area (Å²) in [5, 5.41) is 3.36. The minimum atomic E-state index is 0.569. The van der Waals surface area contributed by atoms with Crippen molar-refractivity contribution in [1.82, 2.24) is 9.88 Å². The van der Waals surface area contributed by atoms with Gasteiger partial charge in [0.2, 0.25) is 0 Å². The van der Waals surface area contributed by atoms with E-state index in [1.807, 2.05) is 0 Å². The summed E-state index contributed by atoms with van der Waals surface area (Å²) in [4.78, 5) is 7.16. The van der Waals surface area contributed by atoms with E-state index in [-0.39, 0.29) is 0 Å². The van der Waals surface area contributed by atoms with E-state index in [1.165, 1.54) is 30.9 Å². The molecule has 3 nitrogen and oxygen atoms in total. The van der Waals surface area contributed by atoms with Crippen LogP contribution in [0.5, 0.6) is 0 Å². The number of thiazole rings is 1. The van der Waals surface area contributed by atoms with Crippen LogP contribution < -0.4 is 5.73 Å². The summed E-state index contributed by atoms with van der Waals surface area (Å²) >= 11 is 1.77. The van der Waals surface area contributed by atoms with Crippen LogP contribution in [0.3, 0.4) is 0 Å². The third kappa shape index (κ3) is 3.50. The second-order valence-electron chi connectivity index (χ2n) is 5.24. The molecule has 96 valence electrons. The number of nitrogens with zero attached hydrogens (tertiary/aromatic N) is 2. The maximum Gasteiger partial charge on any atom is 0.0932 e. The van der Waals surface area contributed by atoms with Gasteiger partial charge in [-0.3, -0.25) is 0 Å². The minimum Gasteiger partial charge on any atom is -0.325 e. The van der Waals surface area contributed by atoms with Gasteiger partial charge in [-0.2, -0.15) is 0 Å². The van der Waals surface area contributed by atoms with Gasteiger partial charge in [0.15, 0.2) is 0 Å². The molecule has 0 saturated carbocycles. The topological polar surface area (TPSA) is 42.2 Å². The summed E-state index contributed by atoms with van der Waals surface area (Å²) in [7, 11) is 0. The molecule has 0 amide bonds. The largest absolute Gasteiger partial charge is 0.325 e. The van der Waals surface area contributed by atoms with Crippen molar-refractivity contribution in [3.05, 3.63) is 16.1 Å². The average molecular weight is 253 g/mol. The molecule has 1 aliphatic heterocycles. The van der Waals surface area contributed by atoms with Crippen molar-refractivity contribution in [2.24, 2.45) is 11.7 Å². The van der Waals surface area contributed by atoms with Crippen molar-refractivity contribution in [1.29, 1.82) is 0 Å². The molecule has 17 heavy (non-hydrogen) atoms. The van der Waals surface area contributed by atoms with Gasteiger partial charge in [-0.25, -0.2) is 4.98 Å². The number of hydrogen-bond acceptors (Lipinski definition) is 4. The Morgan fingerprint density at radius 3 is 3.06 bits per heavy atom. The molecule has 4 heteroatoms. The van der Waals surface area contributed by atoms with Gasteiger partial charge in [0.05, 0.1) is 10.7 Å². The number of piperidine rings is 1. The van der Waals surface area contributed by atoms with Gasteiger partial charge in [-0.15, -0.1) is 11.3 Å². The molecular weight excluding hydrogens is 230 g/mol. The first-order valence-electron chi connectivity index (χ1n) is 6.56. The Bertz CT molecular complexity index is 348. The van der Waals surface area contributed by atoms with Crippen LogP contribution >= 0.6 is 11.3 Å². The van der Waals surface area contributed by atoms with Gasteiger partial charge in [0.25, 0.3) is 0 Å². The Balaban J connectivity index is 1.90. The van der Waals surface area contributed by atoms with Gasteiger partial charge in [0.1, 0.15) is 0 Å². The first kappa shape index (κ1) is 13.0. The van der Waals surface area contributed by atoms with E-state index in [2.05, 4.69) is 29.1 Å². The van der Waals surface area contributed by atoms with Crippen LogP contribution in [-0.4, -0.2) is 29.0 Å². The number of aromatic nitrogens is 1. The van der Waals surface area contributed by atoms with Gasteiger partial charge in [0, 0.05) is 30.9 Å². The quantitative estimate of drug-likeness (QED) is 0.895. The van der Waals surface area contributed by atoms with E-state index >= 15 is 0 Å². The Hall–Kier alpha value is -0.450. The molecule has 1 atom stereocenters. The van der Waals surface area contributed by atoms with E-state index in [4.69, 9.17) is 5.73 Å². The van der Waals surface area contributed by atoms with Gasteiger partial charge in [-0.1, -0.05) is 0 Å². The van der Waals surface area contributed by atoms with Crippen LogP contribution in [0, 0.1) is 5.92 Å². The molecule has 0 radical (unpaired) electrons. The predicted molar refractivity (Wildman–Crippen MR) is 73.1 cm³/mol. The monoisotopic (exact) mass is 253 g/mol. The Kier molecular flexibility index (Phi) is 4.54. The fourth-order valence-corrected chi connectivity index (χ4v) is 3.44. The molecule has 1 unspecified atom stereocenters. The second kappa shape index (κ2) is 5.94. The molecule has 0 spiro atoms. The van der Waals surface area contributed by atoms with Crippen LogP contribution in [0.4, 0.5) is 0 Å². The highest BCUT2D eigenvalue weighted by Gasteiger charge is 2.22. The molecule has 2 rings (SSSR count). The zero-order valence-corrected chi connectivity index (χ0v) is 11.7. The lowest BCUT2D eigenvalue weighted by atomic mass is 9.94. The zero-order valence-electron chi connectivity index (χ0n) is 10.9. The summed E-state index contributed by atoms with van der Waals surface area (Å²) in [6, 6.07) is 0.675. The summed E-state index contributed by atoms with van der Waals surface area (Å²) in [5.41, 5.74) is 6.64. The highest BCUT2D eigenvalue weighted by molar-refractivity contribution is 7.09. The highest BCUT2D eigenvalue weighted by Crippen LogP contribution is 2.23.